The molecule has 0 aromatic carbocycles. The number of aryl methyl sites for hydroxylation is 1. The van der Waals surface area contributed by atoms with Crippen LogP contribution in [0.5, 0.6) is 0 Å². The highest BCUT2D eigenvalue weighted by Gasteiger charge is 2.35. The topological polar surface area (TPSA) is 33.1 Å². The van der Waals surface area contributed by atoms with Gasteiger partial charge in [0.05, 0.1) is 6.61 Å². The fourth-order valence-corrected chi connectivity index (χ4v) is 3.32. The van der Waals surface area contributed by atoms with Gasteiger partial charge in [-0.2, -0.15) is 0 Å². The van der Waals surface area contributed by atoms with Crippen LogP contribution in [0.25, 0.3) is 0 Å². The fraction of sp³-hybridized carbons (Fsp3) is 0.727. The van der Waals surface area contributed by atoms with Gasteiger partial charge in [-0.1, -0.05) is 19.3 Å². The molecule has 2 rings (SSSR count). The normalized spacial score (nSPS) is 21.0. The van der Waals surface area contributed by atoms with Crippen LogP contribution in [0.2, 0.25) is 0 Å². The van der Waals surface area contributed by atoms with Crippen molar-refractivity contribution in [3.63, 3.8) is 0 Å². The lowest BCUT2D eigenvalue weighted by Crippen LogP contribution is -2.32. The van der Waals surface area contributed by atoms with E-state index in [1.54, 1.807) is 11.3 Å². The third-order valence-electron chi connectivity index (χ3n) is 3.19. The summed E-state index contributed by atoms with van der Waals surface area (Å²) < 4.78 is 0. The van der Waals surface area contributed by atoms with Crippen LogP contribution in [0.3, 0.4) is 0 Å². The molecule has 2 nitrogen and oxygen atoms in total. The third-order valence-corrected chi connectivity index (χ3v) is 4.39. The van der Waals surface area contributed by atoms with Gasteiger partial charge < -0.3 is 5.11 Å². The standard InChI is InChI=1S/C11H17NOS/c1-9-7-14-10(12-9)11(8-13)5-3-2-4-6-11/h7,13H,2-6,8H2,1H3. The maximum atomic E-state index is 9.57. The van der Waals surface area contributed by atoms with Crippen LogP contribution in [0.15, 0.2) is 5.38 Å². The molecule has 0 radical (unpaired) electrons. The van der Waals surface area contributed by atoms with E-state index in [1.165, 1.54) is 19.3 Å². The maximum absolute atomic E-state index is 9.57. The van der Waals surface area contributed by atoms with Crippen molar-refractivity contribution in [3.05, 3.63) is 16.1 Å². The summed E-state index contributed by atoms with van der Waals surface area (Å²) in [5.41, 5.74) is 1.08. The zero-order valence-corrected chi connectivity index (χ0v) is 9.44. The Morgan fingerprint density at radius 2 is 2.14 bits per heavy atom. The van der Waals surface area contributed by atoms with E-state index in [0.29, 0.717) is 0 Å². The van der Waals surface area contributed by atoms with E-state index in [-0.39, 0.29) is 12.0 Å². The molecule has 14 heavy (non-hydrogen) atoms. The summed E-state index contributed by atoms with van der Waals surface area (Å²) in [6.45, 7) is 2.29. The summed E-state index contributed by atoms with van der Waals surface area (Å²) in [5.74, 6) is 0. The Morgan fingerprint density at radius 3 is 2.64 bits per heavy atom. The van der Waals surface area contributed by atoms with Gasteiger partial charge in [0.2, 0.25) is 0 Å². The van der Waals surface area contributed by atoms with Crippen LogP contribution in [0.1, 0.15) is 42.8 Å². The quantitative estimate of drug-likeness (QED) is 0.815. The van der Waals surface area contributed by atoms with Gasteiger partial charge in [0.1, 0.15) is 5.01 Å². The van der Waals surface area contributed by atoms with Crippen LogP contribution in [0, 0.1) is 6.92 Å². The number of aliphatic hydroxyl groups is 1. The largest absolute Gasteiger partial charge is 0.395 e. The molecule has 78 valence electrons. The van der Waals surface area contributed by atoms with Crippen LogP contribution in [0.4, 0.5) is 0 Å². The van der Waals surface area contributed by atoms with E-state index < -0.39 is 0 Å². The van der Waals surface area contributed by atoms with Gasteiger partial charge in [0, 0.05) is 16.5 Å². The minimum Gasteiger partial charge on any atom is -0.395 e. The maximum Gasteiger partial charge on any atom is 0.101 e. The number of hydrogen-bond acceptors (Lipinski definition) is 3. The van der Waals surface area contributed by atoms with Gasteiger partial charge in [-0.25, -0.2) is 4.98 Å². The number of aliphatic hydroxyl groups excluding tert-OH is 1. The van der Waals surface area contributed by atoms with Crippen molar-refractivity contribution in [2.45, 2.75) is 44.4 Å². The van der Waals surface area contributed by atoms with E-state index in [9.17, 15) is 5.11 Å². The second-order valence-electron chi connectivity index (χ2n) is 4.29. The third kappa shape index (κ3) is 1.71. The number of nitrogens with zero attached hydrogens (tertiary/aromatic N) is 1. The Balaban J connectivity index is 2.26. The number of rotatable bonds is 2. The highest BCUT2D eigenvalue weighted by atomic mass is 32.1. The van der Waals surface area contributed by atoms with Crippen molar-refractivity contribution < 1.29 is 5.11 Å². The van der Waals surface area contributed by atoms with Gasteiger partial charge in [0.25, 0.3) is 0 Å². The molecule has 0 bridgehead atoms. The second kappa shape index (κ2) is 3.99. The SMILES string of the molecule is Cc1csc(C2(CO)CCCCC2)n1. The van der Waals surface area contributed by atoms with E-state index in [4.69, 9.17) is 0 Å². The molecule has 0 atom stereocenters. The minimum absolute atomic E-state index is 0.00280. The zero-order valence-electron chi connectivity index (χ0n) is 8.62. The summed E-state index contributed by atoms with van der Waals surface area (Å²) in [5, 5.41) is 12.8. The molecule has 0 aliphatic heterocycles. The van der Waals surface area contributed by atoms with Gasteiger partial charge >= 0.3 is 0 Å². The molecular formula is C11H17NOS. The smallest absolute Gasteiger partial charge is 0.101 e. The molecule has 1 fully saturated rings. The van der Waals surface area contributed by atoms with Crippen molar-refractivity contribution in [3.8, 4) is 0 Å². The summed E-state index contributed by atoms with van der Waals surface area (Å²) in [6, 6.07) is 0. The van der Waals surface area contributed by atoms with Crippen molar-refractivity contribution in [2.24, 2.45) is 0 Å². The first-order valence-corrected chi connectivity index (χ1v) is 6.18. The van der Waals surface area contributed by atoms with Gasteiger partial charge in [-0.3, -0.25) is 0 Å². The minimum atomic E-state index is -0.00280. The Labute approximate surface area is 89.0 Å². The van der Waals surface area contributed by atoms with Crippen molar-refractivity contribution in [1.29, 1.82) is 0 Å². The molecule has 0 amide bonds. The highest BCUT2D eigenvalue weighted by Crippen LogP contribution is 2.40. The molecule has 1 aliphatic carbocycles. The summed E-state index contributed by atoms with van der Waals surface area (Å²) in [7, 11) is 0. The highest BCUT2D eigenvalue weighted by molar-refractivity contribution is 7.09. The Bertz CT molecular complexity index is 302. The van der Waals surface area contributed by atoms with Crippen LogP contribution >= 0.6 is 11.3 Å². The average molecular weight is 211 g/mol. The molecule has 1 aromatic rings. The molecule has 1 aromatic heterocycles. The van der Waals surface area contributed by atoms with Crippen molar-refractivity contribution in [2.75, 3.05) is 6.61 Å². The average Bonchev–Trinajstić information content (AvgIpc) is 2.66. The molecule has 1 heterocycles. The fourth-order valence-electron chi connectivity index (χ4n) is 2.27. The van der Waals surface area contributed by atoms with E-state index in [2.05, 4.69) is 10.4 Å². The predicted molar refractivity (Wildman–Crippen MR) is 58.7 cm³/mol. The lowest BCUT2D eigenvalue weighted by atomic mass is 9.75. The Morgan fingerprint density at radius 1 is 1.43 bits per heavy atom. The zero-order chi connectivity index (χ0) is 10.0. The van der Waals surface area contributed by atoms with Crippen molar-refractivity contribution >= 4 is 11.3 Å². The molecule has 0 saturated heterocycles. The monoisotopic (exact) mass is 211 g/mol. The summed E-state index contributed by atoms with van der Waals surface area (Å²) in [4.78, 5) is 4.54. The van der Waals surface area contributed by atoms with Gasteiger partial charge in [-0.05, 0) is 19.8 Å². The first kappa shape index (κ1) is 10.1. The molecule has 0 spiro atoms. The van der Waals surface area contributed by atoms with Crippen LogP contribution in [-0.4, -0.2) is 16.7 Å². The molecule has 1 aliphatic rings. The number of hydrogen-bond donors (Lipinski definition) is 1. The first-order chi connectivity index (χ1) is 6.77. The number of thiazole rings is 1. The Kier molecular flexibility index (Phi) is 2.88. The summed E-state index contributed by atoms with van der Waals surface area (Å²) >= 11 is 1.71. The molecule has 1 N–H and O–H groups in total. The predicted octanol–water partition coefficient (Wildman–Crippen LogP) is 2.65. The molecular weight excluding hydrogens is 194 g/mol. The van der Waals surface area contributed by atoms with Gasteiger partial charge in [-0.15, -0.1) is 11.3 Å². The molecule has 0 unspecified atom stereocenters. The van der Waals surface area contributed by atoms with E-state index in [1.807, 2.05) is 6.92 Å². The first-order valence-electron chi connectivity index (χ1n) is 5.30. The van der Waals surface area contributed by atoms with Crippen LogP contribution in [-0.2, 0) is 5.41 Å². The Hall–Kier alpha value is -0.410. The van der Waals surface area contributed by atoms with E-state index >= 15 is 0 Å². The lowest BCUT2D eigenvalue weighted by molar-refractivity contribution is 0.151. The van der Waals surface area contributed by atoms with Crippen molar-refractivity contribution in [1.82, 2.24) is 4.98 Å². The van der Waals surface area contributed by atoms with Crippen LogP contribution < -0.4 is 0 Å². The summed E-state index contributed by atoms with van der Waals surface area (Å²) in [6.07, 6.45) is 6.00. The lowest BCUT2D eigenvalue weighted by Gasteiger charge is -2.33. The second-order valence-corrected chi connectivity index (χ2v) is 5.15. The van der Waals surface area contributed by atoms with Gasteiger partial charge in [0.15, 0.2) is 0 Å². The molecule has 3 heteroatoms. The number of aromatic nitrogens is 1. The molecule has 1 saturated carbocycles. The van der Waals surface area contributed by atoms with E-state index in [0.717, 1.165) is 23.5 Å².